The van der Waals surface area contributed by atoms with E-state index in [4.69, 9.17) is 0 Å². The molecule has 2 aliphatic rings. The monoisotopic (exact) mass is 441 g/mol. The Balaban J connectivity index is 1.21. The highest BCUT2D eigenvalue weighted by atomic mass is 15.2. The molecule has 33 heavy (non-hydrogen) atoms. The van der Waals surface area contributed by atoms with Crippen LogP contribution in [0.5, 0.6) is 0 Å². The molecule has 5 heteroatoms. The number of likely N-dealkylation sites (tertiary alicyclic amines) is 2. The molecule has 2 saturated heterocycles. The number of benzene rings is 1. The van der Waals surface area contributed by atoms with Crippen molar-refractivity contribution in [3.63, 3.8) is 0 Å². The van der Waals surface area contributed by atoms with E-state index in [2.05, 4.69) is 68.9 Å². The second-order valence-electron chi connectivity index (χ2n) is 10.0. The number of piperidine rings is 2. The van der Waals surface area contributed by atoms with E-state index in [0.717, 1.165) is 11.7 Å². The molecule has 5 nitrogen and oxygen atoms in total. The molecule has 0 amide bonds. The van der Waals surface area contributed by atoms with Gasteiger partial charge in [0, 0.05) is 40.3 Å². The highest BCUT2D eigenvalue weighted by Gasteiger charge is 2.28. The van der Waals surface area contributed by atoms with Crippen LogP contribution >= 0.6 is 0 Å². The largest absolute Gasteiger partial charge is 0.354 e. The Morgan fingerprint density at radius 1 is 0.970 bits per heavy atom. The van der Waals surface area contributed by atoms with Crippen molar-refractivity contribution in [2.45, 2.75) is 51.5 Å². The van der Waals surface area contributed by atoms with Crippen molar-refractivity contribution in [1.82, 2.24) is 24.8 Å². The molecular formula is C28H35N5. The third-order valence-electron chi connectivity index (χ3n) is 8.33. The van der Waals surface area contributed by atoms with Gasteiger partial charge in [0.2, 0.25) is 0 Å². The van der Waals surface area contributed by atoms with Crippen LogP contribution in [-0.2, 0) is 0 Å². The first-order valence-corrected chi connectivity index (χ1v) is 12.7. The smallest absolute Gasteiger partial charge is 0.137 e. The molecule has 2 aliphatic heterocycles. The maximum atomic E-state index is 4.46. The van der Waals surface area contributed by atoms with E-state index in [9.17, 15) is 0 Å². The molecule has 1 aromatic carbocycles. The molecule has 6 rings (SSSR count). The van der Waals surface area contributed by atoms with Crippen LogP contribution in [0.3, 0.4) is 0 Å². The number of nitrogens with one attached hydrogen (secondary N) is 2. The number of pyridine rings is 1. The van der Waals surface area contributed by atoms with Gasteiger partial charge in [0.1, 0.15) is 5.65 Å². The van der Waals surface area contributed by atoms with Gasteiger partial charge in [0.25, 0.3) is 0 Å². The summed E-state index contributed by atoms with van der Waals surface area (Å²) in [5.41, 5.74) is 7.45. The Bertz CT molecular complexity index is 1250. The van der Waals surface area contributed by atoms with Crippen LogP contribution in [0.4, 0.5) is 0 Å². The Morgan fingerprint density at radius 2 is 1.79 bits per heavy atom. The lowest BCUT2D eigenvalue weighted by Gasteiger charge is -2.41. The van der Waals surface area contributed by atoms with Crippen LogP contribution in [0.2, 0.25) is 0 Å². The number of H-pyrrole nitrogens is 2. The zero-order valence-corrected chi connectivity index (χ0v) is 19.9. The average Bonchev–Trinajstić information content (AvgIpc) is 3.48. The van der Waals surface area contributed by atoms with Crippen molar-refractivity contribution in [2.75, 3.05) is 32.7 Å². The van der Waals surface area contributed by atoms with E-state index >= 15 is 0 Å². The summed E-state index contributed by atoms with van der Waals surface area (Å²) in [7, 11) is 0. The summed E-state index contributed by atoms with van der Waals surface area (Å²) in [6, 6.07) is 12.2. The number of fused-ring (bicyclic) bond motifs is 2. The molecule has 172 valence electrons. The lowest BCUT2D eigenvalue weighted by molar-refractivity contribution is 0.0895. The van der Waals surface area contributed by atoms with Gasteiger partial charge < -0.3 is 19.8 Å². The van der Waals surface area contributed by atoms with Crippen LogP contribution in [0, 0.1) is 6.92 Å². The summed E-state index contributed by atoms with van der Waals surface area (Å²) in [4.78, 5) is 16.8. The lowest BCUT2D eigenvalue weighted by atomic mass is 9.87. The van der Waals surface area contributed by atoms with Crippen LogP contribution < -0.4 is 0 Å². The van der Waals surface area contributed by atoms with Crippen molar-refractivity contribution < 1.29 is 0 Å². The van der Waals surface area contributed by atoms with Gasteiger partial charge in [-0.15, -0.1) is 0 Å². The second-order valence-corrected chi connectivity index (χ2v) is 10.0. The predicted octanol–water partition coefficient (Wildman–Crippen LogP) is 5.68. The topological polar surface area (TPSA) is 50.9 Å². The van der Waals surface area contributed by atoms with Crippen LogP contribution in [0.1, 0.15) is 49.7 Å². The van der Waals surface area contributed by atoms with E-state index in [1.807, 2.05) is 12.4 Å². The van der Waals surface area contributed by atoms with Crippen LogP contribution in [0.25, 0.3) is 33.2 Å². The highest BCUT2D eigenvalue weighted by molar-refractivity contribution is 5.98. The predicted molar refractivity (Wildman–Crippen MR) is 137 cm³/mol. The molecular weight excluding hydrogens is 406 g/mol. The van der Waals surface area contributed by atoms with Gasteiger partial charge in [0.05, 0.1) is 5.69 Å². The van der Waals surface area contributed by atoms with Gasteiger partial charge in [-0.05, 0) is 107 Å². The first-order valence-electron chi connectivity index (χ1n) is 12.7. The quantitative estimate of drug-likeness (QED) is 0.428. The molecule has 3 aromatic heterocycles. The number of hydrogen-bond donors (Lipinski definition) is 2. The van der Waals surface area contributed by atoms with Gasteiger partial charge in [-0.1, -0.05) is 13.0 Å². The number of aryl methyl sites for hydroxylation is 1. The van der Waals surface area contributed by atoms with Crippen molar-refractivity contribution in [3.8, 4) is 11.3 Å². The van der Waals surface area contributed by atoms with Gasteiger partial charge >= 0.3 is 0 Å². The minimum absolute atomic E-state index is 0.677. The number of nitrogens with zero attached hydrogens (tertiary/aromatic N) is 3. The van der Waals surface area contributed by atoms with E-state index in [0.29, 0.717) is 5.92 Å². The minimum Gasteiger partial charge on any atom is -0.354 e. The molecule has 5 heterocycles. The number of rotatable bonds is 4. The molecule has 4 aromatic rings. The molecule has 0 bridgehead atoms. The van der Waals surface area contributed by atoms with Crippen molar-refractivity contribution in [3.05, 3.63) is 53.9 Å². The molecule has 0 atom stereocenters. The van der Waals surface area contributed by atoms with Gasteiger partial charge in [-0.3, -0.25) is 0 Å². The summed E-state index contributed by atoms with van der Waals surface area (Å²) < 4.78 is 0. The van der Waals surface area contributed by atoms with E-state index in [1.165, 1.54) is 97.1 Å². The summed E-state index contributed by atoms with van der Waals surface area (Å²) in [5.74, 6) is 0.677. The first kappa shape index (κ1) is 20.9. The molecule has 0 saturated carbocycles. The summed E-state index contributed by atoms with van der Waals surface area (Å²) in [5, 5.41) is 2.53. The molecule has 0 spiro atoms. The van der Waals surface area contributed by atoms with Crippen molar-refractivity contribution in [2.24, 2.45) is 0 Å². The summed E-state index contributed by atoms with van der Waals surface area (Å²) in [6.07, 6.45) is 9.12. The number of hydrogen-bond acceptors (Lipinski definition) is 3. The lowest BCUT2D eigenvalue weighted by Crippen LogP contribution is -2.47. The Morgan fingerprint density at radius 3 is 2.58 bits per heavy atom. The minimum atomic E-state index is 0.677. The number of aromatic nitrogens is 3. The Hall–Kier alpha value is -2.63. The fraction of sp³-hybridized carbons (Fsp3) is 0.464. The van der Waals surface area contributed by atoms with E-state index in [-0.39, 0.29) is 0 Å². The Labute approximate surface area is 196 Å². The third-order valence-corrected chi connectivity index (χ3v) is 8.33. The number of aromatic amines is 2. The van der Waals surface area contributed by atoms with Crippen molar-refractivity contribution in [1.29, 1.82) is 0 Å². The fourth-order valence-corrected chi connectivity index (χ4v) is 6.25. The average molecular weight is 442 g/mol. The standard InChI is InChI=1S/C28H35N5/c1-3-32-14-10-22(11-15-32)33-16-8-20(9-17-33)21-4-5-26-25(18-21)19(2)27(31-26)23-6-12-29-28-24(23)7-13-30-28/h4-7,12-13,18,20,22,31H,3,8-11,14-17H2,1-2H3,(H,29,30). The molecule has 0 unspecified atom stereocenters. The second kappa shape index (κ2) is 8.62. The maximum absolute atomic E-state index is 4.46. The normalized spacial score (nSPS) is 19.7. The zero-order chi connectivity index (χ0) is 22.4. The maximum Gasteiger partial charge on any atom is 0.137 e. The third kappa shape index (κ3) is 3.77. The first-order chi connectivity index (χ1) is 16.2. The summed E-state index contributed by atoms with van der Waals surface area (Å²) >= 11 is 0. The van der Waals surface area contributed by atoms with Crippen LogP contribution in [0.15, 0.2) is 42.7 Å². The SMILES string of the molecule is CCN1CCC(N2CCC(c3ccc4[nH]c(-c5ccnc6[nH]ccc56)c(C)c4c3)CC2)CC1. The molecule has 2 N–H and O–H groups in total. The highest BCUT2D eigenvalue weighted by Crippen LogP contribution is 2.37. The fourth-order valence-electron chi connectivity index (χ4n) is 6.25. The zero-order valence-electron chi connectivity index (χ0n) is 19.9. The molecule has 2 fully saturated rings. The molecule has 0 aliphatic carbocycles. The van der Waals surface area contributed by atoms with Gasteiger partial charge in [-0.2, -0.15) is 0 Å². The van der Waals surface area contributed by atoms with Crippen molar-refractivity contribution >= 4 is 21.9 Å². The summed E-state index contributed by atoms with van der Waals surface area (Å²) in [6.45, 7) is 10.8. The Kier molecular flexibility index (Phi) is 5.47. The van der Waals surface area contributed by atoms with Gasteiger partial charge in [0.15, 0.2) is 0 Å². The molecule has 0 radical (unpaired) electrons. The van der Waals surface area contributed by atoms with E-state index in [1.54, 1.807) is 0 Å². The van der Waals surface area contributed by atoms with E-state index < -0.39 is 0 Å². The van der Waals surface area contributed by atoms with Crippen LogP contribution in [-0.4, -0.2) is 63.5 Å². The van der Waals surface area contributed by atoms with Gasteiger partial charge in [-0.25, -0.2) is 4.98 Å².